The van der Waals surface area contributed by atoms with E-state index in [4.69, 9.17) is 9.47 Å². The zero-order chi connectivity index (χ0) is 22.9. The van der Waals surface area contributed by atoms with Crippen LogP contribution in [0.25, 0.3) is 32.9 Å². The van der Waals surface area contributed by atoms with Crippen LogP contribution in [0, 0.1) is 17.6 Å². The summed E-state index contributed by atoms with van der Waals surface area (Å²) in [5, 5.41) is 2.06. The highest BCUT2D eigenvalue weighted by atomic mass is 19.1. The molecule has 1 saturated heterocycles. The molecular weight excluding hydrogens is 424 g/mol. The van der Waals surface area contributed by atoms with Crippen molar-refractivity contribution in [1.82, 2.24) is 9.97 Å². The first-order valence-corrected chi connectivity index (χ1v) is 11.2. The summed E-state index contributed by atoms with van der Waals surface area (Å²) in [5.74, 6) is -0.651. The molecule has 1 aliphatic heterocycles. The van der Waals surface area contributed by atoms with Crippen LogP contribution in [0.3, 0.4) is 0 Å². The Morgan fingerprint density at radius 3 is 2.39 bits per heavy atom. The average Bonchev–Trinajstić information content (AvgIpc) is 3.21. The van der Waals surface area contributed by atoms with Gasteiger partial charge in [-0.1, -0.05) is 12.1 Å². The minimum absolute atomic E-state index is 0.0602. The Bertz CT molecular complexity index is 1250. The summed E-state index contributed by atoms with van der Waals surface area (Å²) < 4.78 is 40.9. The van der Waals surface area contributed by atoms with Gasteiger partial charge in [0.05, 0.1) is 0 Å². The Labute approximate surface area is 191 Å². The van der Waals surface area contributed by atoms with Crippen LogP contribution in [-0.4, -0.2) is 43.6 Å². The standard InChI is InChI=1S/C26H27F2N3O2/c1-32-25(33-2)11-16-6-9-31(10-7-16)26-21(27)12-18(13-22(26)28)17-3-4-19-20-15-29-8-5-23(20)30-24(19)14-17/h3-5,8,12-16,25,30H,6-7,9-11H2,1-2H3. The van der Waals surface area contributed by atoms with E-state index in [-0.39, 0.29) is 12.0 Å². The number of benzene rings is 2. The number of methoxy groups -OCH3 is 2. The van der Waals surface area contributed by atoms with E-state index in [0.717, 1.165) is 46.6 Å². The first-order chi connectivity index (χ1) is 16.1. The number of pyridine rings is 1. The van der Waals surface area contributed by atoms with Crippen LogP contribution >= 0.6 is 0 Å². The molecule has 0 bridgehead atoms. The molecule has 2 aromatic heterocycles. The van der Waals surface area contributed by atoms with Gasteiger partial charge >= 0.3 is 0 Å². The summed E-state index contributed by atoms with van der Waals surface area (Å²) in [6.45, 7) is 1.21. The molecule has 0 atom stereocenters. The minimum atomic E-state index is -0.531. The van der Waals surface area contributed by atoms with Gasteiger partial charge in [-0.2, -0.15) is 0 Å². The molecule has 0 unspecified atom stereocenters. The molecule has 0 radical (unpaired) electrons. The number of hydrogen-bond donors (Lipinski definition) is 1. The molecule has 0 spiro atoms. The fourth-order valence-electron chi connectivity index (χ4n) is 4.91. The summed E-state index contributed by atoms with van der Waals surface area (Å²) in [7, 11) is 3.26. The number of ether oxygens (including phenoxy) is 2. The molecule has 0 aliphatic carbocycles. The predicted molar refractivity (Wildman–Crippen MR) is 126 cm³/mol. The quantitative estimate of drug-likeness (QED) is 0.372. The average molecular weight is 452 g/mol. The van der Waals surface area contributed by atoms with Gasteiger partial charge in [0.2, 0.25) is 0 Å². The van der Waals surface area contributed by atoms with Gasteiger partial charge in [-0.15, -0.1) is 0 Å². The highest BCUT2D eigenvalue weighted by molar-refractivity contribution is 6.07. The Morgan fingerprint density at radius 1 is 0.970 bits per heavy atom. The van der Waals surface area contributed by atoms with Crippen molar-refractivity contribution in [3.63, 3.8) is 0 Å². The summed E-state index contributed by atoms with van der Waals surface area (Å²) in [6.07, 6.45) is 5.79. The van der Waals surface area contributed by atoms with Crippen molar-refractivity contribution in [3.8, 4) is 11.1 Å². The van der Waals surface area contributed by atoms with Crippen LogP contribution in [-0.2, 0) is 9.47 Å². The molecule has 1 aliphatic rings. The van der Waals surface area contributed by atoms with Crippen molar-refractivity contribution in [2.45, 2.75) is 25.6 Å². The highest BCUT2D eigenvalue weighted by Gasteiger charge is 2.26. The topological polar surface area (TPSA) is 50.4 Å². The van der Waals surface area contributed by atoms with Crippen molar-refractivity contribution in [2.75, 3.05) is 32.2 Å². The van der Waals surface area contributed by atoms with Gasteiger partial charge < -0.3 is 19.4 Å². The fraction of sp³-hybridized carbons (Fsp3) is 0.346. The number of aromatic nitrogens is 2. The summed E-state index contributed by atoms with van der Waals surface area (Å²) in [4.78, 5) is 9.35. The third-order valence-electron chi connectivity index (χ3n) is 6.73. The van der Waals surface area contributed by atoms with Gasteiger partial charge in [-0.05, 0) is 54.2 Å². The van der Waals surface area contributed by atoms with E-state index in [1.54, 1.807) is 20.4 Å². The SMILES string of the molecule is COC(CC1CCN(c2c(F)cc(-c3ccc4c(c3)[nH]c3ccncc34)cc2F)CC1)OC. The maximum atomic E-state index is 15.1. The third kappa shape index (κ3) is 4.18. The smallest absolute Gasteiger partial charge is 0.157 e. The Hall–Kier alpha value is -3.03. The Balaban J connectivity index is 1.37. The van der Waals surface area contributed by atoms with Gasteiger partial charge in [0.15, 0.2) is 6.29 Å². The lowest BCUT2D eigenvalue weighted by atomic mass is 9.92. The molecule has 33 heavy (non-hydrogen) atoms. The minimum Gasteiger partial charge on any atom is -0.367 e. The van der Waals surface area contributed by atoms with Crippen molar-refractivity contribution in [2.24, 2.45) is 5.92 Å². The van der Waals surface area contributed by atoms with Gasteiger partial charge in [0, 0.05) is 67.9 Å². The van der Waals surface area contributed by atoms with Gasteiger partial charge in [0.25, 0.3) is 0 Å². The highest BCUT2D eigenvalue weighted by Crippen LogP contribution is 2.35. The number of rotatable bonds is 6. The van der Waals surface area contributed by atoms with Gasteiger partial charge in [0.1, 0.15) is 17.3 Å². The summed E-state index contributed by atoms with van der Waals surface area (Å²) in [6, 6.07) is 10.6. The van der Waals surface area contributed by atoms with Gasteiger partial charge in [-0.25, -0.2) is 8.78 Å². The molecular formula is C26H27F2N3O2. The third-order valence-corrected chi connectivity index (χ3v) is 6.73. The number of aromatic amines is 1. The Morgan fingerprint density at radius 2 is 1.70 bits per heavy atom. The monoisotopic (exact) mass is 451 g/mol. The number of nitrogens with zero attached hydrogens (tertiary/aromatic N) is 2. The van der Waals surface area contributed by atoms with Crippen LogP contribution < -0.4 is 4.90 Å². The largest absolute Gasteiger partial charge is 0.367 e. The van der Waals surface area contributed by atoms with Crippen LogP contribution in [0.15, 0.2) is 48.8 Å². The molecule has 5 rings (SSSR count). The molecule has 172 valence electrons. The fourth-order valence-corrected chi connectivity index (χ4v) is 4.91. The van der Waals surface area contributed by atoms with Crippen LogP contribution in [0.2, 0.25) is 0 Å². The van der Waals surface area contributed by atoms with Gasteiger partial charge in [-0.3, -0.25) is 4.98 Å². The Kier molecular flexibility index (Phi) is 6.00. The second kappa shape index (κ2) is 9.08. The van der Waals surface area contributed by atoms with E-state index in [1.807, 2.05) is 35.4 Å². The molecule has 0 amide bonds. The molecule has 7 heteroatoms. The zero-order valence-electron chi connectivity index (χ0n) is 18.8. The van der Waals surface area contributed by atoms with Crippen molar-refractivity contribution in [3.05, 3.63) is 60.4 Å². The first kappa shape index (κ1) is 21.8. The number of hydrogen-bond acceptors (Lipinski definition) is 4. The first-order valence-electron chi connectivity index (χ1n) is 11.2. The maximum Gasteiger partial charge on any atom is 0.157 e. The van der Waals surface area contributed by atoms with E-state index >= 15 is 8.78 Å². The van der Waals surface area contributed by atoms with Crippen LogP contribution in [0.5, 0.6) is 0 Å². The predicted octanol–water partition coefficient (Wildman–Crippen LogP) is 5.89. The molecule has 5 nitrogen and oxygen atoms in total. The van der Waals surface area contributed by atoms with E-state index in [9.17, 15) is 0 Å². The molecule has 3 heterocycles. The van der Waals surface area contributed by atoms with E-state index in [0.29, 0.717) is 24.6 Å². The number of fused-ring (bicyclic) bond motifs is 3. The summed E-state index contributed by atoms with van der Waals surface area (Å²) in [5.41, 5.74) is 3.23. The number of anilines is 1. The summed E-state index contributed by atoms with van der Waals surface area (Å²) >= 11 is 0. The number of halogens is 2. The van der Waals surface area contributed by atoms with Crippen LogP contribution in [0.4, 0.5) is 14.5 Å². The number of nitrogens with one attached hydrogen (secondary N) is 1. The van der Waals surface area contributed by atoms with Crippen molar-refractivity contribution >= 4 is 27.5 Å². The lowest BCUT2D eigenvalue weighted by molar-refractivity contribution is -0.115. The van der Waals surface area contributed by atoms with Crippen molar-refractivity contribution < 1.29 is 18.3 Å². The lowest BCUT2D eigenvalue weighted by Crippen LogP contribution is -2.36. The molecule has 1 N–H and O–H groups in total. The number of piperidine rings is 1. The molecule has 0 saturated carbocycles. The van der Waals surface area contributed by atoms with Crippen molar-refractivity contribution in [1.29, 1.82) is 0 Å². The normalized spacial score (nSPS) is 15.2. The molecule has 1 fully saturated rings. The van der Waals surface area contributed by atoms with E-state index in [2.05, 4.69) is 9.97 Å². The van der Waals surface area contributed by atoms with E-state index < -0.39 is 11.6 Å². The number of H-pyrrole nitrogens is 1. The molecule has 2 aromatic carbocycles. The zero-order valence-corrected chi connectivity index (χ0v) is 18.8. The maximum absolute atomic E-state index is 15.1. The second-order valence-electron chi connectivity index (χ2n) is 8.66. The van der Waals surface area contributed by atoms with Crippen LogP contribution in [0.1, 0.15) is 19.3 Å². The second-order valence-corrected chi connectivity index (χ2v) is 8.66. The lowest BCUT2D eigenvalue weighted by Gasteiger charge is -2.35. The molecule has 4 aromatic rings. The van der Waals surface area contributed by atoms with E-state index in [1.165, 1.54) is 12.1 Å².